The summed E-state index contributed by atoms with van der Waals surface area (Å²) < 4.78 is 13.4. The summed E-state index contributed by atoms with van der Waals surface area (Å²) in [5, 5.41) is 11.3. The number of hydrogen-bond donors (Lipinski definition) is 3. The number of nitrogens with one attached hydrogen (secondary N) is 2. The second kappa shape index (κ2) is 10.6. The number of aliphatic hydroxyl groups excluding tert-OH is 1. The van der Waals surface area contributed by atoms with E-state index in [2.05, 4.69) is 42.8 Å². The van der Waals surface area contributed by atoms with Gasteiger partial charge in [0.05, 0.1) is 24.7 Å². The molecule has 3 aromatic rings. The number of likely N-dealkylation sites (N-methyl/N-ethyl adjacent to an activating group) is 1. The van der Waals surface area contributed by atoms with E-state index >= 15 is 0 Å². The molecule has 0 saturated carbocycles. The maximum absolute atomic E-state index is 12.9. The van der Waals surface area contributed by atoms with Crippen LogP contribution in [0.4, 0.5) is 0 Å². The lowest BCUT2D eigenvalue weighted by molar-refractivity contribution is -1.00. The van der Waals surface area contributed by atoms with Gasteiger partial charge in [-0.2, -0.15) is 0 Å². The van der Waals surface area contributed by atoms with Crippen molar-refractivity contribution in [2.45, 2.75) is 26.9 Å². The molecule has 0 spiro atoms. The van der Waals surface area contributed by atoms with Gasteiger partial charge in [-0.05, 0) is 51.1 Å². The zero-order valence-electron chi connectivity index (χ0n) is 20.7. The molecule has 7 nitrogen and oxygen atoms in total. The molecule has 1 aromatic heterocycles. The summed E-state index contributed by atoms with van der Waals surface area (Å²) in [6, 6.07) is 14.0. The Morgan fingerprint density at radius 2 is 1.79 bits per heavy atom. The van der Waals surface area contributed by atoms with Crippen molar-refractivity contribution >= 4 is 16.9 Å². The molecule has 1 fully saturated rings. The molecule has 2 heterocycles. The first-order valence-corrected chi connectivity index (χ1v) is 12.2. The van der Waals surface area contributed by atoms with E-state index in [1.165, 1.54) is 10.5 Å². The highest BCUT2D eigenvalue weighted by atomic mass is 16.5. The SMILES string of the molecule is CCOC(=O)c1c(C)n(-c2ccc(C)cc2)c2ccc(OCC(O)C[NH+]3CC[NH+](C)CC3)cc12. The van der Waals surface area contributed by atoms with E-state index in [0.29, 0.717) is 24.5 Å². The predicted molar refractivity (Wildman–Crippen MR) is 132 cm³/mol. The molecule has 34 heavy (non-hydrogen) atoms. The molecule has 1 saturated heterocycles. The molecule has 3 N–H and O–H groups in total. The smallest absolute Gasteiger partial charge is 0.340 e. The summed E-state index contributed by atoms with van der Waals surface area (Å²) in [4.78, 5) is 15.9. The van der Waals surface area contributed by atoms with Gasteiger partial charge in [-0.15, -0.1) is 0 Å². The first-order chi connectivity index (χ1) is 16.4. The number of quaternary nitrogens is 2. The van der Waals surface area contributed by atoms with Crippen LogP contribution in [-0.4, -0.2) is 74.7 Å². The number of aromatic nitrogens is 1. The normalized spacial score (nSPS) is 19.2. The summed E-state index contributed by atoms with van der Waals surface area (Å²) in [6.45, 7) is 11.4. The molecular formula is C27H37N3O4+2. The molecule has 1 unspecified atom stereocenters. The van der Waals surface area contributed by atoms with Gasteiger partial charge in [-0.25, -0.2) is 4.79 Å². The Balaban J connectivity index is 1.58. The van der Waals surface area contributed by atoms with E-state index in [9.17, 15) is 9.90 Å². The van der Waals surface area contributed by atoms with Crippen LogP contribution in [0.2, 0.25) is 0 Å². The number of aryl methyl sites for hydroxylation is 1. The van der Waals surface area contributed by atoms with Crippen molar-refractivity contribution in [3.63, 3.8) is 0 Å². The molecule has 0 radical (unpaired) electrons. The highest BCUT2D eigenvalue weighted by Gasteiger charge is 2.24. The van der Waals surface area contributed by atoms with E-state index < -0.39 is 6.10 Å². The second-order valence-electron chi connectivity index (χ2n) is 9.41. The minimum absolute atomic E-state index is 0.226. The zero-order valence-corrected chi connectivity index (χ0v) is 20.7. The topological polar surface area (TPSA) is 69.6 Å². The van der Waals surface area contributed by atoms with Crippen LogP contribution in [0.3, 0.4) is 0 Å². The first-order valence-electron chi connectivity index (χ1n) is 12.2. The number of benzene rings is 2. The van der Waals surface area contributed by atoms with Crippen LogP contribution < -0.4 is 14.5 Å². The van der Waals surface area contributed by atoms with E-state index in [1.54, 1.807) is 4.90 Å². The van der Waals surface area contributed by atoms with Crippen LogP contribution in [0.5, 0.6) is 5.75 Å². The fraction of sp³-hybridized carbons (Fsp3) is 0.444. The molecular weight excluding hydrogens is 430 g/mol. The molecule has 0 amide bonds. The third-order valence-electron chi connectivity index (χ3n) is 6.72. The third kappa shape index (κ3) is 5.27. The van der Waals surface area contributed by atoms with Crippen LogP contribution in [-0.2, 0) is 4.74 Å². The second-order valence-corrected chi connectivity index (χ2v) is 9.41. The van der Waals surface area contributed by atoms with E-state index in [-0.39, 0.29) is 12.6 Å². The number of fused-ring (bicyclic) bond motifs is 1. The Bertz CT molecular complexity index is 1130. The molecule has 1 aliphatic heterocycles. The number of carbonyl (C=O) groups excluding carboxylic acids is 1. The number of hydrogen-bond acceptors (Lipinski definition) is 4. The Morgan fingerprint density at radius 1 is 1.09 bits per heavy atom. The summed E-state index contributed by atoms with van der Waals surface area (Å²) in [7, 11) is 2.21. The van der Waals surface area contributed by atoms with Gasteiger partial charge in [0.1, 0.15) is 51.2 Å². The Kier molecular flexibility index (Phi) is 7.56. The maximum atomic E-state index is 12.9. The molecule has 0 aliphatic carbocycles. The van der Waals surface area contributed by atoms with E-state index in [1.807, 2.05) is 32.0 Å². The van der Waals surface area contributed by atoms with E-state index in [4.69, 9.17) is 9.47 Å². The van der Waals surface area contributed by atoms with Crippen molar-refractivity contribution in [2.75, 3.05) is 53.0 Å². The number of piperazine rings is 1. The lowest BCUT2D eigenvalue weighted by Gasteiger charge is -2.28. The number of rotatable bonds is 8. The van der Waals surface area contributed by atoms with Crippen LogP contribution in [0.25, 0.3) is 16.6 Å². The molecule has 1 atom stereocenters. The van der Waals surface area contributed by atoms with E-state index in [0.717, 1.165) is 48.5 Å². The molecule has 4 rings (SSSR count). The van der Waals surface area contributed by atoms with Crippen LogP contribution in [0.15, 0.2) is 42.5 Å². The highest BCUT2D eigenvalue weighted by Crippen LogP contribution is 2.32. The number of carbonyl (C=O) groups is 1. The molecule has 1 aliphatic rings. The third-order valence-corrected chi connectivity index (χ3v) is 6.72. The monoisotopic (exact) mass is 467 g/mol. The summed E-state index contributed by atoms with van der Waals surface area (Å²) in [5.41, 5.74) is 4.46. The summed E-state index contributed by atoms with van der Waals surface area (Å²) in [6.07, 6.45) is -0.535. The van der Waals surface area contributed by atoms with Crippen molar-refractivity contribution in [3.8, 4) is 11.4 Å². The van der Waals surface area contributed by atoms with Gasteiger partial charge >= 0.3 is 5.97 Å². The average Bonchev–Trinajstić information content (AvgIpc) is 3.11. The zero-order chi connectivity index (χ0) is 24.2. The molecule has 182 valence electrons. The Morgan fingerprint density at radius 3 is 2.47 bits per heavy atom. The summed E-state index contributed by atoms with van der Waals surface area (Å²) >= 11 is 0. The fourth-order valence-electron chi connectivity index (χ4n) is 4.79. The standard InChI is InChI=1S/C27H35N3O4/c1-5-33-27(32)26-20(3)30(21-8-6-19(2)7-9-21)25-11-10-23(16-24(25)26)34-18-22(31)17-29-14-12-28(4)13-15-29/h6-11,16,22,31H,5,12-15,17-18H2,1-4H3/p+2. The minimum atomic E-state index is -0.535. The van der Waals surface area contributed by atoms with Gasteiger partial charge in [-0.3, -0.25) is 0 Å². The molecule has 0 bridgehead atoms. The Hall–Kier alpha value is -2.87. The average molecular weight is 468 g/mol. The fourth-order valence-corrected chi connectivity index (χ4v) is 4.79. The summed E-state index contributed by atoms with van der Waals surface area (Å²) in [5.74, 6) is 0.296. The lowest BCUT2D eigenvalue weighted by atomic mass is 10.1. The van der Waals surface area contributed by atoms with Gasteiger partial charge in [-0.1, -0.05) is 17.7 Å². The van der Waals surface area contributed by atoms with Crippen molar-refractivity contribution in [1.82, 2.24) is 4.57 Å². The minimum Gasteiger partial charge on any atom is -0.491 e. The van der Waals surface area contributed by atoms with Gasteiger partial charge < -0.3 is 28.9 Å². The Labute approximate surface area is 201 Å². The number of esters is 1. The van der Waals surface area contributed by atoms with Gasteiger partial charge in [0.25, 0.3) is 0 Å². The quantitative estimate of drug-likeness (QED) is 0.424. The predicted octanol–water partition coefficient (Wildman–Crippen LogP) is 0.577. The molecule has 2 aromatic carbocycles. The van der Waals surface area contributed by atoms with Gasteiger partial charge in [0, 0.05) is 16.8 Å². The van der Waals surface area contributed by atoms with Crippen molar-refractivity contribution in [3.05, 3.63) is 59.3 Å². The van der Waals surface area contributed by atoms with Crippen LogP contribution in [0, 0.1) is 13.8 Å². The first kappa shape index (κ1) is 24.3. The number of ether oxygens (including phenoxy) is 2. The maximum Gasteiger partial charge on any atom is 0.340 e. The van der Waals surface area contributed by atoms with Crippen LogP contribution >= 0.6 is 0 Å². The van der Waals surface area contributed by atoms with Gasteiger partial charge in [0.15, 0.2) is 0 Å². The lowest BCUT2D eigenvalue weighted by Crippen LogP contribution is -3.27. The van der Waals surface area contributed by atoms with Crippen LogP contribution in [0.1, 0.15) is 28.5 Å². The highest BCUT2D eigenvalue weighted by molar-refractivity contribution is 6.07. The van der Waals surface area contributed by atoms with Crippen molar-refractivity contribution in [2.24, 2.45) is 0 Å². The largest absolute Gasteiger partial charge is 0.491 e. The van der Waals surface area contributed by atoms with Crippen molar-refractivity contribution < 1.29 is 29.2 Å². The van der Waals surface area contributed by atoms with Gasteiger partial charge in [0.2, 0.25) is 0 Å². The van der Waals surface area contributed by atoms with Crippen molar-refractivity contribution in [1.29, 1.82) is 0 Å². The number of aliphatic hydroxyl groups is 1. The number of nitrogens with zero attached hydrogens (tertiary/aromatic N) is 1. The molecule has 7 heteroatoms.